The number of methoxy groups -OCH3 is 1. The maximum absolute atomic E-state index is 12.2. The summed E-state index contributed by atoms with van der Waals surface area (Å²) in [6, 6.07) is 4.76. The third-order valence-electron chi connectivity index (χ3n) is 5.20. The Kier molecular flexibility index (Phi) is 5.54. The van der Waals surface area contributed by atoms with Gasteiger partial charge in [-0.05, 0) is 37.0 Å². The maximum Gasteiger partial charge on any atom is 0.214 e. The molecule has 2 saturated heterocycles. The first-order chi connectivity index (χ1) is 11.6. The van der Waals surface area contributed by atoms with Crippen LogP contribution in [0.3, 0.4) is 0 Å². The average molecular weight is 353 g/mol. The maximum atomic E-state index is 12.2. The van der Waals surface area contributed by atoms with Crippen LogP contribution >= 0.6 is 0 Å². The Labute approximate surface area is 144 Å². The first-order valence-electron chi connectivity index (χ1n) is 8.73. The van der Waals surface area contributed by atoms with E-state index in [0.717, 1.165) is 19.4 Å². The fourth-order valence-electron chi connectivity index (χ4n) is 3.88. The van der Waals surface area contributed by atoms with Gasteiger partial charge in [-0.2, -0.15) is 0 Å². The number of ether oxygens (including phenoxy) is 1. The second-order valence-corrected chi connectivity index (χ2v) is 8.73. The topological polar surface area (TPSA) is 62.7 Å². The molecule has 2 aliphatic heterocycles. The van der Waals surface area contributed by atoms with Crippen LogP contribution in [0.25, 0.3) is 0 Å². The highest BCUT2D eigenvalue weighted by Gasteiger charge is 2.44. The zero-order chi connectivity index (χ0) is 17.2. The molecule has 1 aromatic rings. The Bertz CT molecular complexity index is 630. The summed E-state index contributed by atoms with van der Waals surface area (Å²) >= 11 is 0. The minimum Gasteiger partial charge on any atom is -0.378 e. The minimum absolute atomic E-state index is 0.203. The number of nitrogens with zero attached hydrogens (tertiary/aromatic N) is 3. The van der Waals surface area contributed by atoms with Crippen molar-refractivity contribution in [2.75, 3.05) is 32.5 Å². The van der Waals surface area contributed by atoms with Crippen LogP contribution < -0.4 is 0 Å². The smallest absolute Gasteiger partial charge is 0.214 e. The molecule has 1 aromatic heterocycles. The molecule has 2 fully saturated rings. The van der Waals surface area contributed by atoms with Crippen molar-refractivity contribution < 1.29 is 13.2 Å². The Balaban J connectivity index is 1.64. The van der Waals surface area contributed by atoms with Gasteiger partial charge in [0, 0.05) is 45.2 Å². The molecule has 3 heterocycles. The molecule has 3 rings (SSSR count). The van der Waals surface area contributed by atoms with E-state index in [9.17, 15) is 8.42 Å². The number of aromatic nitrogens is 1. The Morgan fingerprint density at radius 2 is 1.92 bits per heavy atom. The molecule has 0 aromatic carbocycles. The molecule has 0 spiro atoms. The third-order valence-corrected chi connectivity index (χ3v) is 7.27. The number of hydrogen-bond donors (Lipinski definition) is 0. The summed E-state index contributed by atoms with van der Waals surface area (Å²) in [5.74, 6) is 0.257. The van der Waals surface area contributed by atoms with E-state index in [1.165, 1.54) is 5.56 Å². The van der Waals surface area contributed by atoms with Crippen molar-refractivity contribution >= 4 is 10.0 Å². The van der Waals surface area contributed by atoms with Crippen LogP contribution in [0.4, 0.5) is 0 Å². The van der Waals surface area contributed by atoms with E-state index in [1.807, 2.05) is 31.5 Å². The van der Waals surface area contributed by atoms with Crippen LogP contribution in [0, 0.1) is 0 Å². The summed E-state index contributed by atoms with van der Waals surface area (Å²) in [6.45, 7) is 4.08. The van der Waals surface area contributed by atoms with Gasteiger partial charge in [-0.25, -0.2) is 12.7 Å². The highest BCUT2D eigenvalue weighted by atomic mass is 32.2. The summed E-state index contributed by atoms with van der Waals surface area (Å²) < 4.78 is 31.7. The summed E-state index contributed by atoms with van der Waals surface area (Å²) in [7, 11) is -1.31. The number of piperidine rings is 1. The normalized spacial score (nSPS) is 27.1. The van der Waals surface area contributed by atoms with Gasteiger partial charge in [-0.3, -0.25) is 9.88 Å². The van der Waals surface area contributed by atoms with Gasteiger partial charge >= 0.3 is 0 Å². The molecule has 2 aliphatic rings. The lowest BCUT2D eigenvalue weighted by atomic mass is 9.87. The molecule has 24 heavy (non-hydrogen) atoms. The van der Waals surface area contributed by atoms with E-state index in [0.29, 0.717) is 25.6 Å². The van der Waals surface area contributed by atoms with Gasteiger partial charge in [-0.15, -0.1) is 0 Å². The van der Waals surface area contributed by atoms with Gasteiger partial charge < -0.3 is 4.74 Å². The van der Waals surface area contributed by atoms with Crippen molar-refractivity contribution in [2.24, 2.45) is 0 Å². The van der Waals surface area contributed by atoms with Crippen molar-refractivity contribution in [2.45, 2.75) is 44.4 Å². The molecule has 0 radical (unpaired) electrons. The Hall–Kier alpha value is -1.02. The quantitative estimate of drug-likeness (QED) is 0.778. The van der Waals surface area contributed by atoms with Crippen LogP contribution in [-0.4, -0.2) is 67.2 Å². The number of pyridine rings is 1. The van der Waals surface area contributed by atoms with Gasteiger partial charge in [0.15, 0.2) is 0 Å². The van der Waals surface area contributed by atoms with Gasteiger partial charge in [0.25, 0.3) is 0 Å². The first-order valence-corrected chi connectivity index (χ1v) is 10.3. The third kappa shape index (κ3) is 3.49. The van der Waals surface area contributed by atoms with Crippen molar-refractivity contribution in [1.29, 1.82) is 0 Å². The molecule has 6 nitrogen and oxygen atoms in total. The van der Waals surface area contributed by atoms with Crippen LogP contribution in [0.2, 0.25) is 0 Å². The van der Waals surface area contributed by atoms with E-state index < -0.39 is 10.0 Å². The zero-order valence-corrected chi connectivity index (χ0v) is 15.3. The molecule has 0 aliphatic carbocycles. The molecular formula is C17H27N3O3S. The first kappa shape index (κ1) is 17.8. The van der Waals surface area contributed by atoms with Crippen LogP contribution in [0.15, 0.2) is 24.5 Å². The van der Waals surface area contributed by atoms with Gasteiger partial charge in [0.1, 0.15) is 0 Å². The van der Waals surface area contributed by atoms with Crippen LogP contribution in [0.5, 0.6) is 0 Å². The van der Waals surface area contributed by atoms with Crippen molar-refractivity contribution in [3.63, 3.8) is 0 Å². The summed E-state index contributed by atoms with van der Waals surface area (Å²) in [6.07, 6.45) is 6.29. The molecule has 2 atom stereocenters. The fourth-order valence-corrected chi connectivity index (χ4v) is 5.42. The monoisotopic (exact) mass is 353 g/mol. The van der Waals surface area contributed by atoms with E-state index in [4.69, 9.17) is 4.74 Å². The molecule has 0 saturated carbocycles. The molecule has 0 amide bonds. The van der Waals surface area contributed by atoms with Crippen LogP contribution in [-0.2, 0) is 14.8 Å². The summed E-state index contributed by atoms with van der Waals surface area (Å²) in [5.41, 5.74) is 1.23. The van der Waals surface area contributed by atoms with E-state index >= 15 is 0 Å². The minimum atomic E-state index is -3.07. The van der Waals surface area contributed by atoms with Gasteiger partial charge in [0.05, 0.1) is 17.9 Å². The largest absolute Gasteiger partial charge is 0.378 e. The molecule has 0 N–H and O–H groups in total. The second kappa shape index (κ2) is 7.47. The number of hydrogen-bond acceptors (Lipinski definition) is 5. The van der Waals surface area contributed by atoms with Gasteiger partial charge in [-0.1, -0.05) is 6.92 Å². The SMILES string of the molecule is CCCS(=O)(=O)N1CCC(N2C[C@H](OC)[C@@H]2c2ccncc2)CC1. The number of rotatable bonds is 6. The molecule has 0 bridgehead atoms. The summed E-state index contributed by atoms with van der Waals surface area (Å²) in [4.78, 5) is 6.56. The molecule has 134 valence electrons. The fraction of sp³-hybridized carbons (Fsp3) is 0.706. The lowest BCUT2D eigenvalue weighted by Crippen LogP contribution is -2.60. The predicted octanol–water partition coefficient (Wildman–Crippen LogP) is 1.66. The highest BCUT2D eigenvalue weighted by Crippen LogP contribution is 2.39. The highest BCUT2D eigenvalue weighted by molar-refractivity contribution is 7.89. The van der Waals surface area contributed by atoms with Crippen molar-refractivity contribution in [3.8, 4) is 0 Å². The van der Waals surface area contributed by atoms with Crippen LogP contribution in [0.1, 0.15) is 37.8 Å². The van der Waals surface area contributed by atoms with Crippen molar-refractivity contribution in [1.82, 2.24) is 14.2 Å². The van der Waals surface area contributed by atoms with Crippen molar-refractivity contribution in [3.05, 3.63) is 30.1 Å². The zero-order valence-electron chi connectivity index (χ0n) is 14.5. The predicted molar refractivity (Wildman–Crippen MR) is 93.2 cm³/mol. The van der Waals surface area contributed by atoms with E-state index in [1.54, 1.807) is 11.4 Å². The van der Waals surface area contributed by atoms with E-state index in [2.05, 4.69) is 9.88 Å². The molecule has 7 heteroatoms. The van der Waals surface area contributed by atoms with Gasteiger partial charge in [0.2, 0.25) is 10.0 Å². The Morgan fingerprint density at radius 3 is 2.50 bits per heavy atom. The number of likely N-dealkylation sites (tertiary alicyclic amines) is 1. The number of sulfonamides is 1. The lowest BCUT2D eigenvalue weighted by Gasteiger charge is -2.52. The Morgan fingerprint density at radius 1 is 1.25 bits per heavy atom. The second-order valence-electron chi connectivity index (χ2n) is 6.64. The molecular weight excluding hydrogens is 326 g/mol. The standard InChI is InChI=1S/C17H27N3O3S/c1-3-12-24(21,22)19-10-6-15(7-11-19)20-13-16(23-2)17(20)14-4-8-18-9-5-14/h4-5,8-9,15-17H,3,6-7,10-13H2,1-2H3/t16-,17-/m0/s1. The molecule has 0 unspecified atom stereocenters. The van der Waals surface area contributed by atoms with E-state index in [-0.39, 0.29) is 17.9 Å². The average Bonchev–Trinajstić information content (AvgIpc) is 2.56. The summed E-state index contributed by atoms with van der Waals surface area (Å²) in [5, 5.41) is 0. The lowest BCUT2D eigenvalue weighted by molar-refractivity contribution is -0.114.